The molecular weight excluding hydrogens is 280 g/mol. The molecule has 2 rings (SSSR count). The number of carbonyl (C=O) groups excluding carboxylic acids is 1. The van der Waals surface area contributed by atoms with Crippen LogP contribution in [0.3, 0.4) is 0 Å². The van der Waals surface area contributed by atoms with E-state index in [4.69, 9.17) is 16.0 Å². The van der Waals surface area contributed by atoms with Crippen molar-refractivity contribution in [3.8, 4) is 0 Å². The Balaban J connectivity index is 1.99. The maximum atomic E-state index is 11.9. The Morgan fingerprint density at radius 2 is 2.20 bits per heavy atom. The number of nitrogens with one attached hydrogen (secondary N) is 2. The van der Waals surface area contributed by atoms with E-state index in [0.29, 0.717) is 22.3 Å². The molecule has 2 N–H and O–H groups in total. The average Bonchev–Trinajstić information content (AvgIpc) is 2.92. The largest absolute Gasteiger partial charge is 0.444 e. The molecule has 0 fully saturated rings. The summed E-state index contributed by atoms with van der Waals surface area (Å²) in [5.41, 5.74) is 0.385. The van der Waals surface area contributed by atoms with Crippen molar-refractivity contribution in [2.45, 2.75) is 19.9 Å². The second kappa shape index (κ2) is 6.38. The SMILES string of the molecule is CCc1cnc(CNC(=O)c2cnc(NC)c(Cl)c2)o1. The normalized spacial score (nSPS) is 10.3. The molecule has 2 aromatic heterocycles. The maximum absolute atomic E-state index is 11.9. The Kier molecular flexibility index (Phi) is 4.57. The summed E-state index contributed by atoms with van der Waals surface area (Å²) in [4.78, 5) is 20.1. The number of nitrogens with zero attached hydrogens (tertiary/aromatic N) is 2. The van der Waals surface area contributed by atoms with E-state index in [1.54, 1.807) is 19.3 Å². The van der Waals surface area contributed by atoms with Gasteiger partial charge in [-0.15, -0.1) is 0 Å². The van der Waals surface area contributed by atoms with Gasteiger partial charge in [-0.3, -0.25) is 4.79 Å². The lowest BCUT2D eigenvalue weighted by Crippen LogP contribution is -2.23. The zero-order valence-corrected chi connectivity index (χ0v) is 12.0. The van der Waals surface area contributed by atoms with Crippen molar-refractivity contribution >= 4 is 23.3 Å². The second-order valence-electron chi connectivity index (χ2n) is 4.06. The van der Waals surface area contributed by atoms with Crippen LogP contribution in [-0.2, 0) is 13.0 Å². The van der Waals surface area contributed by atoms with Crippen LogP contribution in [0.25, 0.3) is 0 Å². The predicted molar refractivity (Wildman–Crippen MR) is 75.8 cm³/mol. The standard InChI is InChI=1S/C13H15ClN4O2/c1-3-9-6-16-11(20-9)7-18-13(19)8-4-10(14)12(15-2)17-5-8/h4-6H,3,7H2,1-2H3,(H,15,17)(H,18,19). The molecule has 2 heterocycles. The molecule has 0 aromatic carbocycles. The van der Waals surface area contributed by atoms with E-state index in [1.165, 1.54) is 6.20 Å². The van der Waals surface area contributed by atoms with E-state index in [2.05, 4.69) is 20.6 Å². The predicted octanol–water partition coefficient (Wildman–Crippen LogP) is 2.26. The molecule has 0 saturated heterocycles. The van der Waals surface area contributed by atoms with E-state index in [-0.39, 0.29) is 12.5 Å². The minimum absolute atomic E-state index is 0.226. The van der Waals surface area contributed by atoms with Crippen molar-refractivity contribution in [1.29, 1.82) is 0 Å². The van der Waals surface area contributed by atoms with Crippen molar-refractivity contribution < 1.29 is 9.21 Å². The Morgan fingerprint density at radius 1 is 1.40 bits per heavy atom. The summed E-state index contributed by atoms with van der Waals surface area (Å²) in [6.07, 6.45) is 3.88. The van der Waals surface area contributed by atoms with Crippen LogP contribution in [0.15, 0.2) is 22.9 Å². The highest BCUT2D eigenvalue weighted by atomic mass is 35.5. The Morgan fingerprint density at radius 3 is 2.80 bits per heavy atom. The summed E-state index contributed by atoms with van der Waals surface area (Å²) in [5, 5.41) is 5.92. The van der Waals surface area contributed by atoms with Gasteiger partial charge in [-0.2, -0.15) is 0 Å². The van der Waals surface area contributed by atoms with Crippen LogP contribution in [0, 0.1) is 0 Å². The van der Waals surface area contributed by atoms with Crippen LogP contribution in [0.2, 0.25) is 5.02 Å². The van der Waals surface area contributed by atoms with Gasteiger partial charge in [0.05, 0.1) is 23.3 Å². The second-order valence-corrected chi connectivity index (χ2v) is 4.47. The molecule has 0 unspecified atom stereocenters. The number of hydrogen-bond donors (Lipinski definition) is 2. The molecule has 0 atom stereocenters. The minimum Gasteiger partial charge on any atom is -0.444 e. The van der Waals surface area contributed by atoms with Crippen molar-refractivity contribution in [3.05, 3.63) is 40.7 Å². The minimum atomic E-state index is -0.279. The fraction of sp³-hybridized carbons (Fsp3) is 0.308. The molecule has 20 heavy (non-hydrogen) atoms. The fourth-order valence-electron chi connectivity index (χ4n) is 1.60. The lowest BCUT2D eigenvalue weighted by atomic mass is 10.2. The van der Waals surface area contributed by atoms with Gasteiger partial charge in [0.2, 0.25) is 5.89 Å². The van der Waals surface area contributed by atoms with Gasteiger partial charge in [-0.1, -0.05) is 18.5 Å². The lowest BCUT2D eigenvalue weighted by molar-refractivity contribution is 0.0946. The summed E-state index contributed by atoms with van der Waals surface area (Å²) in [6, 6.07) is 1.56. The van der Waals surface area contributed by atoms with E-state index in [9.17, 15) is 4.79 Å². The monoisotopic (exact) mass is 294 g/mol. The number of amides is 1. The molecule has 0 radical (unpaired) electrons. The quantitative estimate of drug-likeness (QED) is 0.884. The fourth-order valence-corrected chi connectivity index (χ4v) is 1.86. The molecule has 0 bridgehead atoms. The van der Waals surface area contributed by atoms with Gasteiger partial charge < -0.3 is 15.1 Å². The van der Waals surface area contributed by atoms with E-state index in [1.807, 2.05) is 6.92 Å². The molecule has 0 spiro atoms. The van der Waals surface area contributed by atoms with Crippen molar-refractivity contribution in [2.24, 2.45) is 0 Å². The van der Waals surface area contributed by atoms with Crippen molar-refractivity contribution in [2.75, 3.05) is 12.4 Å². The van der Waals surface area contributed by atoms with E-state index >= 15 is 0 Å². The van der Waals surface area contributed by atoms with Crippen LogP contribution < -0.4 is 10.6 Å². The average molecular weight is 295 g/mol. The zero-order valence-electron chi connectivity index (χ0n) is 11.2. The van der Waals surface area contributed by atoms with E-state index in [0.717, 1.165) is 12.2 Å². The third-order valence-electron chi connectivity index (χ3n) is 2.69. The van der Waals surface area contributed by atoms with Crippen LogP contribution in [0.1, 0.15) is 28.9 Å². The number of aromatic nitrogens is 2. The first kappa shape index (κ1) is 14.3. The number of anilines is 1. The van der Waals surface area contributed by atoms with Crippen LogP contribution in [0.4, 0.5) is 5.82 Å². The maximum Gasteiger partial charge on any atom is 0.253 e. The summed E-state index contributed by atoms with van der Waals surface area (Å²) in [5.74, 6) is 1.51. The number of pyridine rings is 1. The summed E-state index contributed by atoms with van der Waals surface area (Å²) < 4.78 is 5.40. The van der Waals surface area contributed by atoms with Gasteiger partial charge in [0.25, 0.3) is 5.91 Å². The molecule has 6 nitrogen and oxygen atoms in total. The number of oxazole rings is 1. The molecule has 106 valence electrons. The lowest BCUT2D eigenvalue weighted by Gasteiger charge is -2.05. The Bertz CT molecular complexity index is 612. The molecule has 0 aliphatic rings. The number of hydrogen-bond acceptors (Lipinski definition) is 5. The highest BCUT2D eigenvalue weighted by Gasteiger charge is 2.10. The van der Waals surface area contributed by atoms with Crippen molar-refractivity contribution in [3.63, 3.8) is 0 Å². The molecule has 0 aliphatic carbocycles. The van der Waals surface area contributed by atoms with Gasteiger partial charge in [0.15, 0.2) is 0 Å². The Labute approximate surface area is 121 Å². The number of carbonyl (C=O) groups is 1. The van der Waals surface area contributed by atoms with Gasteiger partial charge >= 0.3 is 0 Å². The first-order valence-electron chi connectivity index (χ1n) is 6.19. The van der Waals surface area contributed by atoms with Crippen molar-refractivity contribution in [1.82, 2.24) is 15.3 Å². The van der Waals surface area contributed by atoms with Crippen LogP contribution in [0.5, 0.6) is 0 Å². The molecule has 0 saturated carbocycles. The highest BCUT2D eigenvalue weighted by molar-refractivity contribution is 6.33. The zero-order chi connectivity index (χ0) is 14.5. The molecule has 1 amide bonds. The van der Waals surface area contributed by atoms with Gasteiger partial charge in [0, 0.05) is 19.7 Å². The summed E-state index contributed by atoms with van der Waals surface area (Å²) in [6.45, 7) is 2.20. The number of rotatable bonds is 5. The third kappa shape index (κ3) is 3.27. The number of aryl methyl sites for hydroxylation is 1. The topological polar surface area (TPSA) is 80.0 Å². The molecule has 0 aliphatic heterocycles. The van der Waals surface area contributed by atoms with Gasteiger partial charge in [0.1, 0.15) is 11.6 Å². The third-order valence-corrected chi connectivity index (χ3v) is 2.98. The highest BCUT2D eigenvalue weighted by Crippen LogP contribution is 2.19. The summed E-state index contributed by atoms with van der Waals surface area (Å²) >= 11 is 5.98. The van der Waals surface area contributed by atoms with Crippen LogP contribution in [-0.4, -0.2) is 22.9 Å². The first-order chi connectivity index (χ1) is 9.63. The molecule has 2 aromatic rings. The summed E-state index contributed by atoms with van der Waals surface area (Å²) in [7, 11) is 1.71. The van der Waals surface area contributed by atoms with Gasteiger partial charge in [-0.05, 0) is 6.07 Å². The smallest absolute Gasteiger partial charge is 0.253 e. The molecule has 7 heteroatoms. The van der Waals surface area contributed by atoms with Crippen LogP contribution >= 0.6 is 11.6 Å². The number of halogens is 1. The van der Waals surface area contributed by atoms with E-state index < -0.39 is 0 Å². The van der Waals surface area contributed by atoms with Gasteiger partial charge in [-0.25, -0.2) is 9.97 Å². The molecular formula is C13H15ClN4O2. The first-order valence-corrected chi connectivity index (χ1v) is 6.57. The Hall–Kier alpha value is -2.08.